The van der Waals surface area contributed by atoms with Gasteiger partial charge in [0.15, 0.2) is 0 Å². The predicted octanol–water partition coefficient (Wildman–Crippen LogP) is 3.02. The molecule has 0 saturated carbocycles. The average molecular weight is 297 g/mol. The Labute approximate surface area is 124 Å². The van der Waals surface area contributed by atoms with Crippen molar-refractivity contribution in [1.82, 2.24) is 5.32 Å². The Morgan fingerprint density at radius 2 is 2.05 bits per heavy atom. The summed E-state index contributed by atoms with van der Waals surface area (Å²) in [6.45, 7) is 1.90. The number of carboxylic acids is 1. The topological polar surface area (TPSA) is 58.6 Å². The maximum absolute atomic E-state index is 11.3. The lowest BCUT2D eigenvalue weighted by atomic mass is 9.91. The van der Waals surface area contributed by atoms with Gasteiger partial charge < -0.3 is 15.2 Å². The fourth-order valence-corrected chi connectivity index (χ4v) is 2.93. The van der Waals surface area contributed by atoms with E-state index in [4.69, 9.17) is 4.74 Å². The van der Waals surface area contributed by atoms with Crippen LogP contribution in [0.15, 0.2) is 29.2 Å². The van der Waals surface area contributed by atoms with E-state index >= 15 is 0 Å². The molecule has 112 valence electrons. The van der Waals surface area contributed by atoms with Crippen LogP contribution in [0.2, 0.25) is 0 Å². The molecule has 0 fully saturated rings. The van der Waals surface area contributed by atoms with Gasteiger partial charge in [0.1, 0.15) is 11.3 Å². The van der Waals surface area contributed by atoms with Crippen LogP contribution in [0.25, 0.3) is 0 Å². The van der Waals surface area contributed by atoms with Crippen LogP contribution in [0, 0.1) is 0 Å². The first-order valence-electron chi connectivity index (χ1n) is 6.77. The summed E-state index contributed by atoms with van der Waals surface area (Å²) in [5.74, 6) is 0.987. The first-order valence-corrected chi connectivity index (χ1v) is 7.75. The molecule has 0 amide bonds. The van der Waals surface area contributed by atoms with E-state index in [1.807, 2.05) is 31.2 Å². The monoisotopic (exact) mass is 297 g/mol. The van der Waals surface area contributed by atoms with E-state index in [1.165, 1.54) is 4.90 Å². The van der Waals surface area contributed by atoms with E-state index in [2.05, 4.69) is 5.32 Å². The Bertz CT molecular complexity index is 416. The van der Waals surface area contributed by atoms with Crippen molar-refractivity contribution >= 4 is 17.7 Å². The van der Waals surface area contributed by atoms with Crippen LogP contribution >= 0.6 is 11.8 Å². The zero-order chi connectivity index (χ0) is 15.0. The molecule has 1 rings (SSSR count). The largest absolute Gasteiger partial charge is 0.497 e. The van der Waals surface area contributed by atoms with Gasteiger partial charge in [0.25, 0.3) is 0 Å². The minimum absolute atomic E-state index is 0.589. The van der Waals surface area contributed by atoms with Crippen molar-refractivity contribution in [2.75, 3.05) is 19.9 Å². The predicted molar refractivity (Wildman–Crippen MR) is 82.7 cm³/mol. The molecule has 1 unspecified atom stereocenters. The lowest BCUT2D eigenvalue weighted by molar-refractivity contribution is -0.145. The number of carbonyl (C=O) groups is 1. The van der Waals surface area contributed by atoms with Gasteiger partial charge in [0, 0.05) is 4.90 Å². The van der Waals surface area contributed by atoms with E-state index < -0.39 is 11.5 Å². The van der Waals surface area contributed by atoms with Gasteiger partial charge in [-0.15, -0.1) is 11.8 Å². The molecule has 0 aliphatic heterocycles. The lowest BCUT2D eigenvalue weighted by Gasteiger charge is -2.27. The molecule has 0 spiro atoms. The molecule has 2 N–H and O–H groups in total. The molecule has 1 aromatic rings. The van der Waals surface area contributed by atoms with Crippen LogP contribution < -0.4 is 10.1 Å². The summed E-state index contributed by atoms with van der Waals surface area (Å²) in [5, 5.41) is 12.3. The summed E-state index contributed by atoms with van der Waals surface area (Å²) < 4.78 is 5.11. The van der Waals surface area contributed by atoms with Gasteiger partial charge in [-0.3, -0.25) is 4.79 Å². The Morgan fingerprint density at radius 3 is 2.50 bits per heavy atom. The summed E-state index contributed by atoms with van der Waals surface area (Å²) in [7, 11) is 3.37. The molecule has 0 aliphatic carbocycles. The molecule has 1 aromatic carbocycles. The summed E-state index contributed by atoms with van der Waals surface area (Å²) in [6, 6.07) is 7.91. The number of benzene rings is 1. The molecule has 5 heteroatoms. The summed E-state index contributed by atoms with van der Waals surface area (Å²) in [5.41, 5.74) is -0.791. The van der Waals surface area contributed by atoms with Crippen molar-refractivity contribution < 1.29 is 14.6 Å². The number of nitrogens with one attached hydrogen (secondary N) is 1. The smallest absolute Gasteiger partial charge is 0.323 e. The third-order valence-electron chi connectivity index (χ3n) is 3.57. The average Bonchev–Trinajstić information content (AvgIpc) is 2.48. The van der Waals surface area contributed by atoms with Crippen LogP contribution in [-0.4, -0.2) is 36.5 Å². The number of likely N-dealkylation sites (N-methyl/N-ethyl adjacent to an activating group) is 1. The first-order chi connectivity index (χ1) is 9.57. The third kappa shape index (κ3) is 4.42. The van der Waals surface area contributed by atoms with E-state index in [1.54, 1.807) is 25.9 Å². The maximum Gasteiger partial charge on any atom is 0.323 e. The maximum atomic E-state index is 11.3. The summed E-state index contributed by atoms with van der Waals surface area (Å²) >= 11 is 1.74. The first kappa shape index (κ1) is 16.9. The second-order valence-electron chi connectivity index (χ2n) is 4.62. The second-order valence-corrected chi connectivity index (χ2v) is 5.79. The highest BCUT2D eigenvalue weighted by molar-refractivity contribution is 7.99. The molecule has 0 heterocycles. The number of hydrogen-bond acceptors (Lipinski definition) is 4. The minimum atomic E-state index is -0.791. The van der Waals surface area contributed by atoms with Crippen molar-refractivity contribution in [3.63, 3.8) is 0 Å². The normalized spacial score (nSPS) is 13.8. The SMILES string of the molecule is CCC(CCCSc1ccc(OC)cc1)(NC)C(=O)O. The Hall–Kier alpha value is -1.20. The number of thioether (sulfide) groups is 1. The molecule has 0 radical (unpaired) electrons. The second kappa shape index (κ2) is 8.17. The molecule has 20 heavy (non-hydrogen) atoms. The Balaban J connectivity index is 2.41. The summed E-state index contributed by atoms with van der Waals surface area (Å²) in [4.78, 5) is 12.5. The minimum Gasteiger partial charge on any atom is -0.497 e. The molecular formula is C15H23NO3S. The lowest BCUT2D eigenvalue weighted by Crippen LogP contribution is -2.49. The van der Waals surface area contributed by atoms with Crippen LogP contribution in [0.3, 0.4) is 0 Å². The number of aliphatic carboxylic acids is 1. The van der Waals surface area contributed by atoms with Gasteiger partial charge in [0.05, 0.1) is 7.11 Å². The van der Waals surface area contributed by atoms with E-state index in [-0.39, 0.29) is 0 Å². The highest BCUT2D eigenvalue weighted by atomic mass is 32.2. The van der Waals surface area contributed by atoms with Gasteiger partial charge in [-0.1, -0.05) is 6.92 Å². The number of hydrogen-bond donors (Lipinski definition) is 2. The molecule has 0 bridgehead atoms. The van der Waals surface area contributed by atoms with E-state index in [9.17, 15) is 9.90 Å². The zero-order valence-electron chi connectivity index (χ0n) is 12.3. The van der Waals surface area contributed by atoms with Crippen molar-refractivity contribution in [1.29, 1.82) is 0 Å². The molecule has 0 aromatic heterocycles. The number of carboxylic acid groups (broad SMARTS) is 1. The van der Waals surface area contributed by atoms with E-state index in [0.29, 0.717) is 12.8 Å². The molecular weight excluding hydrogens is 274 g/mol. The third-order valence-corrected chi connectivity index (χ3v) is 4.67. The van der Waals surface area contributed by atoms with Crippen molar-refractivity contribution in [2.24, 2.45) is 0 Å². The fraction of sp³-hybridized carbons (Fsp3) is 0.533. The number of methoxy groups -OCH3 is 1. The standard InChI is InChI=1S/C15H23NO3S/c1-4-15(16-2,14(17)18)10-5-11-20-13-8-6-12(19-3)7-9-13/h6-9,16H,4-5,10-11H2,1-3H3,(H,17,18). The molecule has 1 atom stereocenters. The Kier molecular flexibility index (Phi) is 6.88. The van der Waals surface area contributed by atoms with E-state index in [0.717, 1.165) is 17.9 Å². The quantitative estimate of drug-likeness (QED) is 0.542. The van der Waals surface area contributed by atoms with Gasteiger partial charge in [-0.05, 0) is 56.3 Å². The number of ether oxygens (including phenoxy) is 1. The number of rotatable bonds is 9. The fourth-order valence-electron chi connectivity index (χ4n) is 2.08. The van der Waals surface area contributed by atoms with Gasteiger partial charge >= 0.3 is 5.97 Å². The van der Waals surface area contributed by atoms with Crippen molar-refractivity contribution in [3.8, 4) is 5.75 Å². The summed E-state index contributed by atoms with van der Waals surface area (Å²) in [6.07, 6.45) is 2.09. The highest BCUT2D eigenvalue weighted by Gasteiger charge is 2.33. The van der Waals surface area contributed by atoms with Crippen LogP contribution in [-0.2, 0) is 4.79 Å². The van der Waals surface area contributed by atoms with Gasteiger partial charge in [-0.25, -0.2) is 0 Å². The van der Waals surface area contributed by atoms with Crippen molar-refractivity contribution in [3.05, 3.63) is 24.3 Å². The molecule has 0 aliphatic rings. The van der Waals surface area contributed by atoms with Crippen molar-refractivity contribution in [2.45, 2.75) is 36.6 Å². The van der Waals surface area contributed by atoms with Gasteiger partial charge in [0.2, 0.25) is 0 Å². The zero-order valence-corrected chi connectivity index (χ0v) is 13.1. The van der Waals surface area contributed by atoms with Crippen LogP contribution in [0.1, 0.15) is 26.2 Å². The molecule has 4 nitrogen and oxygen atoms in total. The van der Waals surface area contributed by atoms with Crippen LogP contribution in [0.5, 0.6) is 5.75 Å². The Morgan fingerprint density at radius 1 is 1.40 bits per heavy atom. The van der Waals surface area contributed by atoms with Gasteiger partial charge in [-0.2, -0.15) is 0 Å². The molecule has 0 saturated heterocycles. The highest BCUT2D eigenvalue weighted by Crippen LogP contribution is 2.24. The van der Waals surface area contributed by atoms with Crippen LogP contribution in [0.4, 0.5) is 0 Å².